The van der Waals surface area contributed by atoms with E-state index in [9.17, 15) is 9.59 Å². The molecule has 0 aliphatic carbocycles. The van der Waals surface area contributed by atoms with Gasteiger partial charge < -0.3 is 20.7 Å². The van der Waals surface area contributed by atoms with Gasteiger partial charge in [-0.25, -0.2) is 4.79 Å². The summed E-state index contributed by atoms with van der Waals surface area (Å²) in [4.78, 5) is 25.0. The molecule has 6 nitrogen and oxygen atoms in total. The number of primary amides is 1. The summed E-state index contributed by atoms with van der Waals surface area (Å²) in [6.07, 6.45) is 3.81. The van der Waals surface area contributed by atoms with Crippen LogP contribution in [0.25, 0.3) is 0 Å². The average Bonchev–Trinajstić information content (AvgIpc) is 2.59. The minimum Gasteiger partial charge on any atom is -0.385 e. The van der Waals surface area contributed by atoms with Gasteiger partial charge in [-0.3, -0.25) is 4.79 Å². The SMILES string of the molecule is COCCCNC(=O)N1CCC(Cc2ccc(C(N)=O)cc2)CC1. The van der Waals surface area contributed by atoms with E-state index in [0.717, 1.165) is 38.8 Å². The quantitative estimate of drug-likeness (QED) is 0.746. The number of benzene rings is 1. The number of nitrogens with two attached hydrogens (primary N) is 1. The summed E-state index contributed by atoms with van der Waals surface area (Å²) in [6.45, 7) is 2.90. The van der Waals surface area contributed by atoms with Gasteiger partial charge in [0.1, 0.15) is 0 Å². The highest BCUT2D eigenvalue weighted by atomic mass is 16.5. The summed E-state index contributed by atoms with van der Waals surface area (Å²) in [5.74, 6) is 0.174. The molecular weight excluding hydrogens is 306 g/mol. The second-order valence-electron chi connectivity index (χ2n) is 6.27. The molecule has 0 spiro atoms. The molecule has 3 N–H and O–H groups in total. The van der Waals surface area contributed by atoms with E-state index in [1.807, 2.05) is 17.0 Å². The maximum atomic E-state index is 12.1. The number of rotatable bonds is 7. The molecule has 1 fully saturated rings. The number of ether oxygens (including phenoxy) is 1. The van der Waals surface area contributed by atoms with Gasteiger partial charge in [0, 0.05) is 38.9 Å². The zero-order chi connectivity index (χ0) is 17.4. The smallest absolute Gasteiger partial charge is 0.317 e. The second kappa shape index (κ2) is 9.27. The van der Waals surface area contributed by atoms with Crippen molar-refractivity contribution in [3.63, 3.8) is 0 Å². The molecule has 1 aromatic carbocycles. The third kappa shape index (κ3) is 5.53. The summed E-state index contributed by atoms with van der Waals surface area (Å²) < 4.78 is 4.97. The van der Waals surface area contributed by atoms with Gasteiger partial charge in [0.05, 0.1) is 0 Å². The van der Waals surface area contributed by atoms with Crippen LogP contribution in [-0.2, 0) is 11.2 Å². The number of likely N-dealkylation sites (tertiary alicyclic amines) is 1. The van der Waals surface area contributed by atoms with Crippen molar-refractivity contribution >= 4 is 11.9 Å². The molecule has 0 radical (unpaired) electrons. The molecule has 1 saturated heterocycles. The topological polar surface area (TPSA) is 84.7 Å². The molecule has 1 aliphatic heterocycles. The van der Waals surface area contributed by atoms with E-state index in [1.54, 1.807) is 19.2 Å². The van der Waals surface area contributed by atoms with E-state index < -0.39 is 5.91 Å². The van der Waals surface area contributed by atoms with Crippen molar-refractivity contribution in [2.45, 2.75) is 25.7 Å². The van der Waals surface area contributed by atoms with Crippen molar-refractivity contribution in [1.29, 1.82) is 0 Å². The molecule has 132 valence electrons. The summed E-state index contributed by atoms with van der Waals surface area (Å²) in [5, 5.41) is 2.93. The van der Waals surface area contributed by atoms with Crippen LogP contribution in [0.3, 0.4) is 0 Å². The normalized spacial score (nSPS) is 15.3. The van der Waals surface area contributed by atoms with Crippen LogP contribution in [0, 0.1) is 5.92 Å². The Kier molecular flexibility index (Phi) is 7.06. The number of hydrogen-bond acceptors (Lipinski definition) is 3. The largest absolute Gasteiger partial charge is 0.385 e. The van der Waals surface area contributed by atoms with Crippen LogP contribution in [0.5, 0.6) is 0 Å². The number of amides is 3. The van der Waals surface area contributed by atoms with Crippen LogP contribution in [0.15, 0.2) is 24.3 Å². The third-order valence-electron chi connectivity index (χ3n) is 4.47. The first-order valence-electron chi connectivity index (χ1n) is 8.50. The molecule has 0 bridgehead atoms. The Morgan fingerprint density at radius 2 is 1.92 bits per heavy atom. The predicted octanol–water partition coefficient (Wildman–Crippen LogP) is 1.79. The van der Waals surface area contributed by atoms with Gasteiger partial charge in [-0.15, -0.1) is 0 Å². The Labute approximate surface area is 143 Å². The van der Waals surface area contributed by atoms with Crippen molar-refractivity contribution in [1.82, 2.24) is 10.2 Å². The van der Waals surface area contributed by atoms with Crippen LogP contribution < -0.4 is 11.1 Å². The Morgan fingerprint density at radius 1 is 1.25 bits per heavy atom. The van der Waals surface area contributed by atoms with Crippen molar-refractivity contribution in [2.24, 2.45) is 11.7 Å². The Hall–Kier alpha value is -2.08. The summed E-state index contributed by atoms with van der Waals surface area (Å²) in [5.41, 5.74) is 7.00. The Morgan fingerprint density at radius 3 is 2.50 bits per heavy atom. The van der Waals surface area contributed by atoms with Crippen LogP contribution >= 0.6 is 0 Å². The maximum Gasteiger partial charge on any atom is 0.317 e. The zero-order valence-corrected chi connectivity index (χ0v) is 14.3. The number of hydrogen-bond donors (Lipinski definition) is 2. The molecular formula is C18H27N3O3. The summed E-state index contributed by atoms with van der Waals surface area (Å²) in [7, 11) is 1.66. The zero-order valence-electron chi connectivity index (χ0n) is 14.3. The van der Waals surface area contributed by atoms with E-state index >= 15 is 0 Å². The van der Waals surface area contributed by atoms with Crippen molar-refractivity contribution in [3.05, 3.63) is 35.4 Å². The van der Waals surface area contributed by atoms with Gasteiger partial charge in [-0.05, 0) is 49.3 Å². The van der Waals surface area contributed by atoms with Gasteiger partial charge >= 0.3 is 6.03 Å². The van der Waals surface area contributed by atoms with Gasteiger partial charge in [0.15, 0.2) is 0 Å². The van der Waals surface area contributed by atoms with Crippen LogP contribution in [-0.4, -0.2) is 50.2 Å². The van der Waals surface area contributed by atoms with E-state index in [-0.39, 0.29) is 6.03 Å². The number of carbonyl (C=O) groups is 2. The number of urea groups is 1. The van der Waals surface area contributed by atoms with Crippen molar-refractivity contribution in [3.8, 4) is 0 Å². The number of nitrogens with one attached hydrogen (secondary N) is 1. The molecule has 3 amide bonds. The van der Waals surface area contributed by atoms with E-state index in [0.29, 0.717) is 24.6 Å². The number of piperidine rings is 1. The predicted molar refractivity (Wildman–Crippen MR) is 92.9 cm³/mol. The van der Waals surface area contributed by atoms with Crippen LogP contribution in [0.4, 0.5) is 4.79 Å². The van der Waals surface area contributed by atoms with Crippen molar-refractivity contribution < 1.29 is 14.3 Å². The molecule has 24 heavy (non-hydrogen) atoms. The highest BCUT2D eigenvalue weighted by molar-refractivity contribution is 5.92. The second-order valence-corrected chi connectivity index (χ2v) is 6.27. The third-order valence-corrected chi connectivity index (χ3v) is 4.47. The minimum atomic E-state index is -0.397. The summed E-state index contributed by atoms with van der Waals surface area (Å²) >= 11 is 0. The fourth-order valence-corrected chi connectivity index (χ4v) is 3.00. The van der Waals surface area contributed by atoms with Crippen molar-refractivity contribution in [2.75, 3.05) is 33.4 Å². The first kappa shape index (κ1) is 18.3. The number of nitrogens with zero attached hydrogens (tertiary/aromatic N) is 1. The number of carbonyl (C=O) groups excluding carboxylic acids is 2. The molecule has 0 atom stereocenters. The maximum absolute atomic E-state index is 12.1. The fourth-order valence-electron chi connectivity index (χ4n) is 3.00. The van der Waals surface area contributed by atoms with Crippen LogP contribution in [0.2, 0.25) is 0 Å². The molecule has 1 aliphatic rings. The van der Waals surface area contributed by atoms with Gasteiger partial charge in [0.25, 0.3) is 0 Å². The van der Waals surface area contributed by atoms with E-state index in [4.69, 9.17) is 10.5 Å². The fraction of sp³-hybridized carbons (Fsp3) is 0.556. The van der Waals surface area contributed by atoms with E-state index in [1.165, 1.54) is 5.56 Å². The van der Waals surface area contributed by atoms with Gasteiger partial charge in [-0.1, -0.05) is 12.1 Å². The standard InChI is InChI=1S/C18H27N3O3/c1-24-12-2-9-20-18(23)21-10-7-15(8-11-21)13-14-3-5-16(6-4-14)17(19)22/h3-6,15H,2,7-13H2,1H3,(H2,19,22)(H,20,23). The monoisotopic (exact) mass is 333 g/mol. The molecule has 0 unspecified atom stereocenters. The molecule has 1 aromatic rings. The number of methoxy groups -OCH3 is 1. The molecule has 2 rings (SSSR count). The van der Waals surface area contributed by atoms with Gasteiger partial charge in [-0.2, -0.15) is 0 Å². The molecule has 6 heteroatoms. The highest BCUT2D eigenvalue weighted by Crippen LogP contribution is 2.22. The minimum absolute atomic E-state index is 0.0235. The first-order valence-corrected chi connectivity index (χ1v) is 8.50. The average molecular weight is 333 g/mol. The molecule has 0 saturated carbocycles. The molecule has 0 aromatic heterocycles. The lowest BCUT2D eigenvalue weighted by Gasteiger charge is -2.32. The molecule has 1 heterocycles. The Balaban J connectivity index is 1.72. The first-order chi connectivity index (χ1) is 11.6. The Bertz CT molecular complexity index is 537. The lowest BCUT2D eigenvalue weighted by Crippen LogP contribution is -2.45. The van der Waals surface area contributed by atoms with E-state index in [2.05, 4.69) is 5.32 Å². The van der Waals surface area contributed by atoms with Gasteiger partial charge in [0.2, 0.25) is 5.91 Å². The summed E-state index contributed by atoms with van der Waals surface area (Å²) in [6, 6.07) is 7.51. The highest BCUT2D eigenvalue weighted by Gasteiger charge is 2.22. The lowest BCUT2D eigenvalue weighted by atomic mass is 9.90. The lowest BCUT2D eigenvalue weighted by molar-refractivity contribution is 0.1000. The van der Waals surface area contributed by atoms with Crippen LogP contribution in [0.1, 0.15) is 35.2 Å².